The number of nitrogens with one attached hydrogen (secondary N) is 3. The molecule has 3 amide bonds. The lowest BCUT2D eigenvalue weighted by Gasteiger charge is -2.17. The predicted molar refractivity (Wildman–Crippen MR) is 214 cm³/mol. The second-order valence-electron chi connectivity index (χ2n) is 12.1. The van der Waals surface area contributed by atoms with Gasteiger partial charge in [-0.15, -0.1) is 23.1 Å². The largest absolute Gasteiger partial charge is 0.321 e. The second kappa shape index (κ2) is 17.2. The Morgan fingerprint density at radius 3 is 2.08 bits per heavy atom. The number of carbonyl (C=O) groups excluding carboxylic acids is 3. The highest BCUT2D eigenvalue weighted by atomic mass is 35.5. The topological polar surface area (TPSA) is 100 Å². The summed E-state index contributed by atoms with van der Waals surface area (Å²) >= 11 is 9.08. The standard InChI is InChI=1S/C42H35ClN4O3S2/c1-27(2)29-19-17-28(18-20-29)25-36(45-39(48)31-13-7-4-8-14-31)40(49)44-32-21-23-33(24-22-32)52-38(30-11-5-3-6-12-30)41(50)47-42-46-37(26-51-42)34-15-9-10-16-35(34)43/h3-27,38H,1-2H3,(H,44,49)(H,45,48)(H,46,47,50)/b36-25-. The van der Waals surface area contributed by atoms with Gasteiger partial charge in [-0.3, -0.25) is 14.4 Å². The molecule has 1 unspecified atom stereocenters. The number of carbonyl (C=O) groups is 3. The molecular weight excluding hydrogens is 708 g/mol. The molecule has 1 heterocycles. The average molecular weight is 743 g/mol. The molecule has 10 heteroatoms. The van der Waals surface area contributed by atoms with E-state index in [4.69, 9.17) is 11.6 Å². The van der Waals surface area contributed by atoms with Gasteiger partial charge in [-0.2, -0.15) is 0 Å². The molecule has 0 aliphatic heterocycles. The van der Waals surface area contributed by atoms with Gasteiger partial charge in [0.2, 0.25) is 5.91 Å². The molecule has 6 rings (SSSR count). The Morgan fingerprint density at radius 2 is 1.40 bits per heavy atom. The number of anilines is 2. The molecule has 52 heavy (non-hydrogen) atoms. The number of benzene rings is 5. The summed E-state index contributed by atoms with van der Waals surface area (Å²) in [4.78, 5) is 45.8. The Bertz CT molecular complexity index is 2190. The maximum atomic E-state index is 13.7. The van der Waals surface area contributed by atoms with E-state index in [9.17, 15) is 14.4 Å². The summed E-state index contributed by atoms with van der Waals surface area (Å²) in [5, 5.41) is 11.0. The van der Waals surface area contributed by atoms with Crippen LogP contribution in [0.2, 0.25) is 5.02 Å². The van der Waals surface area contributed by atoms with Crippen LogP contribution in [0.1, 0.15) is 52.1 Å². The van der Waals surface area contributed by atoms with Crippen molar-refractivity contribution in [3.63, 3.8) is 0 Å². The number of aromatic nitrogens is 1. The molecule has 0 spiro atoms. The van der Waals surface area contributed by atoms with Crippen molar-refractivity contribution < 1.29 is 14.4 Å². The lowest BCUT2D eigenvalue weighted by Crippen LogP contribution is -2.30. The molecule has 0 aliphatic carbocycles. The van der Waals surface area contributed by atoms with Crippen LogP contribution in [-0.4, -0.2) is 22.7 Å². The summed E-state index contributed by atoms with van der Waals surface area (Å²) in [6.07, 6.45) is 1.66. The third-order valence-corrected chi connectivity index (χ3v) is 10.4. The molecule has 0 bridgehead atoms. The first-order chi connectivity index (χ1) is 25.2. The van der Waals surface area contributed by atoms with Crippen molar-refractivity contribution in [2.45, 2.75) is 29.9 Å². The van der Waals surface area contributed by atoms with E-state index in [2.05, 4.69) is 34.8 Å². The minimum absolute atomic E-state index is 0.102. The van der Waals surface area contributed by atoms with Gasteiger partial charge in [0.25, 0.3) is 11.8 Å². The van der Waals surface area contributed by atoms with Crippen molar-refractivity contribution >= 4 is 69.3 Å². The van der Waals surface area contributed by atoms with Gasteiger partial charge in [-0.05, 0) is 71.1 Å². The minimum atomic E-state index is -0.584. The van der Waals surface area contributed by atoms with Crippen molar-refractivity contribution in [2.75, 3.05) is 10.6 Å². The summed E-state index contributed by atoms with van der Waals surface area (Å²) in [6.45, 7) is 4.23. The van der Waals surface area contributed by atoms with Crippen LogP contribution in [0.4, 0.5) is 10.8 Å². The maximum absolute atomic E-state index is 13.7. The van der Waals surface area contributed by atoms with Crippen LogP contribution in [0.25, 0.3) is 17.3 Å². The number of hydrogen-bond acceptors (Lipinski definition) is 6. The van der Waals surface area contributed by atoms with Gasteiger partial charge in [0.15, 0.2) is 5.13 Å². The minimum Gasteiger partial charge on any atom is -0.321 e. The van der Waals surface area contributed by atoms with Crippen LogP contribution in [0.3, 0.4) is 0 Å². The van der Waals surface area contributed by atoms with E-state index in [-0.39, 0.29) is 11.6 Å². The van der Waals surface area contributed by atoms with Gasteiger partial charge in [-0.1, -0.05) is 116 Å². The van der Waals surface area contributed by atoms with Crippen LogP contribution >= 0.6 is 34.7 Å². The van der Waals surface area contributed by atoms with E-state index in [0.29, 0.717) is 33.0 Å². The Kier molecular flexibility index (Phi) is 12.0. The van der Waals surface area contributed by atoms with Crippen molar-refractivity contribution in [1.29, 1.82) is 0 Å². The van der Waals surface area contributed by atoms with Gasteiger partial charge in [0, 0.05) is 32.1 Å². The van der Waals surface area contributed by atoms with E-state index in [1.165, 1.54) is 28.7 Å². The zero-order valence-electron chi connectivity index (χ0n) is 28.4. The summed E-state index contributed by atoms with van der Waals surface area (Å²) in [6, 6.07) is 40.8. The molecule has 1 aromatic heterocycles. The van der Waals surface area contributed by atoms with Gasteiger partial charge in [-0.25, -0.2) is 4.98 Å². The van der Waals surface area contributed by atoms with Crippen molar-refractivity contribution in [1.82, 2.24) is 10.3 Å². The Morgan fingerprint density at radius 1 is 0.750 bits per heavy atom. The number of thiazole rings is 1. The Hall–Kier alpha value is -5.48. The first kappa shape index (κ1) is 36.3. The van der Waals surface area contributed by atoms with E-state index >= 15 is 0 Å². The number of amides is 3. The van der Waals surface area contributed by atoms with Crippen molar-refractivity contribution in [3.8, 4) is 11.3 Å². The molecule has 0 saturated carbocycles. The van der Waals surface area contributed by atoms with E-state index < -0.39 is 17.1 Å². The first-order valence-electron chi connectivity index (χ1n) is 16.6. The highest BCUT2D eigenvalue weighted by molar-refractivity contribution is 8.00. The molecule has 0 aliphatic rings. The molecule has 7 nitrogen and oxygen atoms in total. The smallest absolute Gasteiger partial charge is 0.272 e. The van der Waals surface area contributed by atoms with Crippen molar-refractivity contribution in [3.05, 3.63) is 172 Å². The monoisotopic (exact) mass is 742 g/mol. The number of hydrogen-bond donors (Lipinski definition) is 3. The van der Waals surface area contributed by atoms with Crippen LogP contribution in [0.15, 0.2) is 149 Å². The second-order valence-corrected chi connectivity index (χ2v) is 14.5. The Labute approximate surface area is 316 Å². The molecule has 0 saturated heterocycles. The Balaban J connectivity index is 1.17. The third kappa shape index (κ3) is 9.44. The predicted octanol–water partition coefficient (Wildman–Crippen LogP) is 10.5. The fourth-order valence-electron chi connectivity index (χ4n) is 5.23. The fourth-order valence-corrected chi connectivity index (χ4v) is 7.20. The van der Waals surface area contributed by atoms with E-state index in [1.54, 1.807) is 48.5 Å². The lowest BCUT2D eigenvalue weighted by molar-refractivity contribution is -0.116. The third-order valence-electron chi connectivity index (χ3n) is 8.03. The summed E-state index contributed by atoms with van der Waals surface area (Å²) in [5.74, 6) is -0.725. The maximum Gasteiger partial charge on any atom is 0.272 e. The molecule has 6 aromatic rings. The molecular formula is C42H35ClN4O3S2. The first-order valence-corrected chi connectivity index (χ1v) is 18.7. The molecule has 1 atom stereocenters. The van der Waals surface area contributed by atoms with Gasteiger partial charge >= 0.3 is 0 Å². The van der Waals surface area contributed by atoms with Crippen LogP contribution in [0.5, 0.6) is 0 Å². The number of thioether (sulfide) groups is 1. The molecule has 3 N–H and O–H groups in total. The van der Waals surface area contributed by atoms with E-state index in [1.807, 2.05) is 96.4 Å². The zero-order chi connectivity index (χ0) is 36.5. The quantitative estimate of drug-likeness (QED) is 0.0856. The summed E-state index contributed by atoms with van der Waals surface area (Å²) < 4.78 is 0. The number of halogens is 1. The van der Waals surface area contributed by atoms with Gasteiger partial charge in [0.1, 0.15) is 10.9 Å². The van der Waals surface area contributed by atoms with Crippen LogP contribution in [0, 0.1) is 0 Å². The molecule has 0 fully saturated rings. The summed E-state index contributed by atoms with van der Waals surface area (Å²) in [7, 11) is 0. The zero-order valence-corrected chi connectivity index (χ0v) is 30.8. The molecule has 0 radical (unpaired) electrons. The SMILES string of the molecule is CC(C)c1ccc(/C=C(\NC(=O)c2ccccc2)C(=O)Nc2ccc(SC(C(=O)Nc3nc(-c4ccccc4Cl)cs3)c3ccccc3)cc2)cc1. The average Bonchev–Trinajstić information content (AvgIpc) is 3.63. The van der Waals surface area contributed by atoms with Crippen LogP contribution < -0.4 is 16.0 Å². The molecule has 5 aromatic carbocycles. The fraction of sp³-hybridized carbons (Fsp3) is 0.0952. The van der Waals surface area contributed by atoms with Gasteiger partial charge in [0.05, 0.1) is 5.69 Å². The number of rotatable bonds is 12. The lowest BCUT2D eigenvalue weighted by atomic mass is 10.0. The van der Waals surface area contributed by atoms with Gasteiger partial charge < -0.3 is 16.0 Å². The van der Waals surface area contributed by atoms with Crippen LogP contribution in [-0.2, 0) is 9.59 Å². The molecule has 260 valence electrons. The van der Waals surface area contributed by atoms with E-state index in [0.717, 1.165) is 21.6 Å². The normalized spacial score (nSPS) is 11.9. The highest BCUT2D eigenvalue weighted by Crippen LogP contribution is 2.38. The highest BCUT2D eigenvalue weighted by Gasteiger charge is 2.24. The number of nitrogens with zero attached hydrogens (tertiary/aromatic N) is 1. The summed E-state index contributed by atoms with van der Waals surface area (Å²) in [5.41, 5.74) is 5.33. The van der Waals surface area contributed by atoms with Crippen molar-refractivity contribution in [2.24, 2.45) is 0 Å².